The summed E-state index contributed by atoms with van der Waals surface area (Å²) in [5.41, 5.74) is 28.6. The third kappa shape index (κ3) is 23.7. The number of hydrogen-bond donors (Lipinski definition) is 15. The number of carbonyl (C=O) groups is 9. The SMILES string of the molecule is CC(C)CC(NC(=O)C(N)CCCN=C(N)N)C(=O)NC(CC(=O)O)C(=O)NC(Cc1ccccc1)C(=O)NC(C)C(=O)NC(CCCN=C(N)N)C(=O)NCC(=O)NC(Cc1ccc(O)cc1)C(=O)O. The second-order valence-electron chi connectivity index (χ2n) is 16.9. The van der Waals surface area contributed by atoms with E-state index >= 15 is 0 Å². The Morgan fingerprint density at radius 1 is 0.563 bits per heavy atom. The molecular formula is C45H68N14O12. The molecule has 7 atom stereocenters. The van der Waals surface area contributed by atoms with Crippen molar-refractivity contribution in [3.8, 4) is 5.75 Å². The number of carboxylic acid groups (broad SMARTS) is 2. The van der Waals surface area contributed by atoms with Crippen LogP contribution in [0.25, 0.3) is 0 Å². The number of nitrogens with two attached hydrogens (primary N) is 5. The molecule has 2 aromatic rings. The van der Waals surface area contributed by atoms with Crippen molar-refractivity contribution in [3.63, 3.8) is 0 Å². The molecule has 20 N–H and O–H groups in total. The van der Waals surface area contributed by atoms with E-state index in [0.717, 1.165) is 0 Å². The Hall–Kier alpha value is -8.03. The molecule has 2 aromatic carbocycles. The maximum absolute atomic E-state index is 13.9. The quantitative estimate of drug-likeness (QED) is 0.0196. The molecule has 7 unspecified atom stereocenters. The first kappa shape index (κ1) is 59.1. The van der Waals surface area contributed by atoms with Gasteiger partial charge in [0.1, 0.15) is 42.0 Å². The Bertz CT molecular complexity index is 2190. The molecule has 0 aromatic heterocycles. The Morgan fingerprint density at radius 3 is 1.63 bits per heavy atom. The summed E-state index contributed by atoms with van der Waals surface area (Å²) in [6.07, 6.45) is -0.596. The number of benzene rings is 2. The van der Waals surface area contributed by atoms with E-state index in [1.54, 1.807) is 44.2 Å². The van der Waals surface area contributed by atoms with Gasteiger partial charge in [0.05, 0.1) is 19.0 Å². The van der Waals surface area contributed by atoms with Gasteiger partial charge in [-0.1, -0.05) is 56.3 Å². The smallest absolute Gasteiger partial charge is 0.326 e. The second kappa shape index (κ2) is 30.5. The van der Waals surface area contributed by atoms with E-state index in [1.807, 2.05) is 0 Å². The number of aliphatic imine (C=N–C) groups is 2. The van der Waals surface area contributed by atoms with Crippen LogP contribution in [0.15, 0.2) is 64.6 Å². The van der Waals surface area contributed by atoms with Crippen molar-refractivity contribution in [3.05, 3.63) is 65.7 Å². The molecule has 0 radical (unpaired) electrons. The first-order valence-corrected chi connectivity index (χ1v) is 22.7. The number of hydrogen-bond acceptors (Lipinski definition) is 13. The topological polar surface area (TPSA) is 453 Å². The van der Waals surface area contributed by atoms with Crippen molar-refractivity contribution < 1.29 is 58.5 Å². The van der Waals surface area contributed by atoms with Gasteiger partial charge in [-0.2, -0.15) is 0 Å². The average molecular weight is 997 g/mol. The second-order valence-corrected chi connectivity index (χ2v) is 16.9. The van der Waals surface area contributed by atoms with Crippen molar-refractivity contribution in [2.45, 2.75) is 114 Å². The van der Waals surface area contributed by atoms with Crippen LogP contribution in [-0.4, -0.2) is 142 Å². The van der Waals surface area contributed by atoms with E-state index in [9.17, 15) is 58.5 Å². The number of carbonyl (C=O) groups excluding carboxylic acids is 7. The molecule has 0 bridgehead atoms. The number of amides is 7. The normalized spacial score (nSPS) is 13.8. The highest BCUT2D eigenvalue weighted by Crippen LogP contribution is 2.13. The van der Waals surface area contributed by atoms with Crippen LogP contribution in [0.4, 0.5) is 0 Å². The van der Waals surface area contributed by atoms with Crippen LogP contribution in [0.2, 0.25) is 0 Å². The van der Waals surface area contributed by atoms with Crippen molar-refractivity contribution in [2.75, 3.05) is 19.6 Å². The summed E-state index contributed by atoms with van der Waals surface area (Å²) >= 11 is 0. The molecule has 2 rings (SSSR count). The molecular weight excluding hydrogens is 929 g/mol. The molecule has 0 fully saturated rings. The standard InChI is InChI=1S/C45H68N14O12/c1-24(2)19-31(57-38(65)29(46)11-7-17-51-44(47)48)41(68)59-33(22-36(62)63)42(69)58-32(20-26-9-5-4-6-10-26)40(67)54-25(3)37(64)56-30(12-8-18-52-45(49)50)39(66)53-23-35(61)55-34(43(70)71)21-27-13-15-28(60)16-14-27/h4-6,9-10,13-16,24-25,29-34,60H,7-8,11-12,17-23,46H2,1-3H3,(H,53,66)(H,54,67)(H,55,61)(H,56,64)(H,57,65)(H,58,69)(H,59,68)(H,62,63)(H,70,71)(H4,47,48,51)(H4,49,50,52). The predicted octanol–water partition coefficient (Wildman–Crippen LogP) is -3.74. The Labute approximate surface area is 410 Å². The average Bonchev–Trinajstić information content (AvgIpc) is 3.29. The summed E-state index contributed by atoms with van der Waals surface area (Å²) < 4.78 is 0. The summed E-state index contributed by atoms with van der Waals surface area (Å²) in [6, 6.07) is 4.32. The molecule has 0 aliphatic rings. The number of carboxylic acids is 2. The predicted molar refractivity (Wildman–Crippen MR) is 259 cm³/mol. The minimum absolute atomic E-state index is 0.0405. The molecule has 26 heteroatoms. The first-order valence-electron chi connectivity index (χ1n) is 22.7. The van der Waals surface area contributed by atoms with Crippen LogP contribution in [0.5, 0.6) is 5.75 Å². The number of nitrogens with zero attached hydrogens (tertiary/aromatic N) is 2. The van der Waals surface area contributed by atoms with Crippen molar-refractivity contribution in [1.29, 1.82) is 0 Å². The molecule has 0 saturated heterocycles. The number of phenolic OH excluding ortho intramolecular Hbond substituents is 1. The van der Waals surface area contributed by atoms with Crippen LogP contribution in [-0.2, 0) is 56.0 Å². The summed E-state index contributed by atoms with van der Waals surface area (Å²) in [5, 5.41) is 46.1. The minimum Gasteiger partial charge on any atom is -0.508 e. The number of rotatable bonds is 31. The highest BCUT2D eigenvalue weighted by Gasteiger charge is 2.34. The zero-order valence-corrected chi connectivity index (χ0v) is 39.9. The van der Waals surface area contributed by atoms with Crippen LogP contribution in [0.3, 0.4) is 0 Å². The van der Waals surface area contributed by atoms with Crippen LogP contribution in [0, 0.1) is 5.92 Å². The molecule has 390 valence electrons. The fraction of sp³-hybridized carbons (Fsp3) is 0.489. The van der Waals surface area contributed by atoms with E-state index in [2.05, 4.69) is 47.2 Å². The largest absolute Gasteiger partial charge is 0.508 e. The van der Waals surface area contributed by atoms with E-state index in [-0.39, 0.29) is 75.2 Å². The lowest BCUT2D eigenvalue weighted by molar-refractivity contribution is -0.142. The maximum Gasteiger partial charge on any atom is 0.326 e. The number of phenols is 1. The molecule has 0 saturated carbocycles. The van der Waals surface area contributed by atoms with Gasteiger partial charge in [0.15, 0.2) is 11.9 Å². The summed E-state index contributed by atoms with van der Waals surface area (Å²) in [6.45, 7) is 4.37. The Kier molecular flexibility index (Phi) is 25.3. The first-order chi connectivity index (χ1) is 33.4. The van der Waals surface area contributed by atoms with Gasteiger partial charge in [0.2, 0.25) is 41.4 Å². The van der Waals surface area contributed by atoms with Gasteiger partial charge in [-0.15, -0.1) is 0 Å². The van der Waals surface area contributed by atoms with Crippen LogP contribution >= 0.6 is 0 Å². The fourth-order valence-corrected chi connectivity index (χ4v) is 6.67. The molecule has 0 aliphatic carbocycles. The number of aromatic hydroxyl groups is 1. The number of aliphatic carboxylic acids is 2. The molecule has 0 aliphatic heterocycles. The lowest BCUT2D eigenvalue weighted by atomic mass is 10.0. The van der Waals surface area contributed by atoms with Gasteiger partial charge in [0.25, 0.3) is 0 Å². The number of nitrogens with one attached hydrogen (secondary N) is 7. The van der Waals surface area contributed by atoms with Crippen molar-refractivity contribution >= 4 is 65.2 Å². The third-order valence-corrected chi connectivity index (χ3v) is 10.3. The lowest BCUT2D eigenvalue weighted by Crippen LogP contribution is -2.60. The summed E-state index contributed by atoms with van der Waals surface area (Å²) in [5.74, 6) is -9.65. The molecule has 0 heterocycles. The van der Waals surface area contributed by atoms with Gasteiger partial charge in [0, 0.05) is 25.9 Å². The molecule has 26 nitrogen and oxygen atoms in total. The fourth-order valence-electron chi connectivity index (χ4n) is 6.67. The zero-order valence-electron chi connectivity index (χ0n) is 39.9. The van der Waals surface area contributed by atoms with Crippen molar-refractivity contribution in [1.82, 2.24) is 37.2 Å². The van der Waals surface area contributed by atoms with E-state index in [4.69, 9.17) is 28.7 Å². The zero-order chi connectivity index (χ0) is 53.2. The van der Waals surface area contributed by atoms with Gasteiger partial charge in [-0.25, -0.2) is 4.79 Å². The minimum atomic E-state index is -1.76. The van der Waals surface area contributed by atoms with Crippen LogP contribution < -0.4 is 65.9 Å². The van der Waals surface area contributed by atoms with Crippen LogP contribution in [0.1, 0.15) is 70.4 Å². The van der Waals surface area contributed by atoms with Gasteiger partial charge in [-0.3, -0.25) is 48.3 Å². The highest BCUT2D eigenvalue weighted by molar-refractivity contribution is 5.98. The Morgan fingerprint density at radius 2 is 1.07 bits per heavy atom. The molecule has 71 heavy (non-hydrogen) atoms. The van der Waals surface area contributed by atoms with Gasteiger partial charge >= 0.3 is 11.9 Å². The third-order valence-electron chi connectivity index (χ3n) is 10.3. The van der Waals surface area contributed by atoms with Gasteiger partial charge < -0.3 is 81.2 Å². The molecule has 7 amide bonds. The highest BCUT2D eigenvalue weighted by atomic mass is 16.4. The van der Waals surface area contributed by atoms with E-state index in [0.29, 0.717) is 17.5 Å². The maximum atomic E-state index is 13.9. The van der Waals surface area contributed by atoms with E-state index in [1.165, 1.54) is 31.2 Å². The summed E-state index contributed by atoms with van der Waals surface area (Å²) in [7, 11) is 0. The van der Waals surface area contributed by atoms with E-state index < -0.39 is 109 Å². The monoisotopic (exact) mass is 997 g/mol. The van der Waals surface area contributed by atoms with Gasteiger partial charge in [-0.05, 0) is 68.2 Å². The Balaban J connectivity index is 2.26. The molecule has 0 spiro atoms. The van der Waals surface area contributed by atoms with Crippen molar-refractivity contribution in [2.24, 2.45) is 44.6 Å². The lowest BCUT2D eigenvalue weighted by Gasteiger charge is -2.27. The number of guanidine groups is 2. The summed E-state index contributed by atoms with van der Waals surface area (Å²) in [4.78, 5) is 126.